The monoisotopic (exact) mass is 311 g/mol. The predicted molar refractivity (Wildman–Crippen MR) is 87.9 cm³/mol. The number of anilines is 1. The summed E-state index contributed by atoms with van der Waals surface area (Å²) in [6, 6.07) is 12.7. The summed E-state index contributed by atoms with van der Waals surface area (Å²) >= 11 is 0. The van der Waals surface area contributed by atoms with Gasteiger partial charge < -0.3 is 14.8 Å². The number of hydrogen-bond acceptors (Lipinski definition) is 4. The molecule has 118 valence electrons. The van der Waals surface area contributed by atoms with Gasteiger partial charge >= 0.3 is 0 Å². The number of fused-ring (bicyclic) bond motifs is 1. The van der Waals surface area contributed by atoms with E-state index in [4.69, 9.17) is 9.47 Å². The number of para-hydroxylation sites is 2. The number of aromatic amines is 1. The van der Waals surface area contributed by atoms with Crippen molar-refractivity contribution in [1.82, 2.24) is 10.2 Å². The zero-order valence-corrected chi connectivity index (χ0v) is 12.7. The molecule has 6 nitrogen and oxygen atoms in total. The van der Waals surface area contributed by atoms with Crippen molar-refractivity contribution < 1.29 is 14.3 Å². The van der Waals surface area contributed by atoms with Crippen LogP contribution in [0.1, 0.15) is 10.4 Å². The number of carbonyl (C=O) groups is 1. The molecule has 0 spiro atoms. The zero-order chi connectivity index (χ0) is 16.1. The van der Waals surface area contributed by atoms with E-state index in [1.165, 1.54) is 0 Å². The maximum Gasteiger partial charge on any atom is 0.259 e. The van der Waals surface area contributed by atoms with Crippen LogP contribution in [0.5, 0.6) is 5.75 Å². The summed E-state index contributed by atoms with van der Waals surface area (Å²) in [5.74, 6) is 0.291. The van der Waals surface area contributed by atoms with E-state index in [1.54, 1.807) is 31.5 Å². The average Bonchev–Trinajstić information content (AvgIpc) is 3.05. The number of amides is 1. The van der Waals surface area contributed by atoms with Crippen LogP contribution in [0.4, 0.5) is 5.69 Å². The lowest BCUT2D eigenvalue weighted by atomic mass is 10.1. The number of aromatic nitrogens is 2. The summed E-state index contributed by atoms with van der Waals surface area (Å²) in [5.41, 5.74) is 1.94. The number of nitrogens with one attached hydrogen (secondary N) is 2. The van der Waals surface area contributed by atoms with Gasteiger partial charge in [0.2, 0.25) is 0 Å². The van der Waals surface area contributed by atoms with Crippen molar-refractivity contribution in [2.24, 2.45) is 0 Å². The summed E-state index contributed by atoms with van der Waals surface area (Å²) in [6.07, 6.45) is 1.72. The van der Waals surface area contributed by atoms with Crippen molar-refractivity contribution in [2.75, 3.05) is 25.6 Å². The van der Waals surface area contributed by atoms with Gasteiger partial charge in [-0.25, -0.2) is 0 Å². The van der Waals surface area contributed by atoms with Crippen molar-refractivity contribution in [2.45, 2.75) is 0 Å². The second kappa shape index (κ2) is 6.93. The zero-order valence-electron chi connectivity index (χ0n) is 12.7. The van der Waals surface area contributed by atoms with Gasteiger partial charge in [-0.2, -0.15) is 5.10 Å². The van der Waals surface area contributed by atoms with Gasteiger partial charge in [0.1, 0.15) is 12.4 Å². The summed E-state index contributed by atoms with van der Waals surface area (Å²) in [4.78, 5) is 12.6. The molecule has 1 amide bonds. The topological polar surface area (TPSA) is 76.2 Å². The van der Waals surface area contributed by atoms with Crippen molar-refractivity contribution in [3.8, 4) is 5.75 Å². The Balaban J connectivity index is 1.82. The summed E-state index contributed by atoms with van der Waals surface area (Å²) in [7, 11) is 1.60. The molecule has 6 heteroatoms. The van der Waals surface area contributed by atoms with E-state index in [0.717, 1.165) is 10.9 Å². The molecule has 0 atom stereocenters. The van der Waals surface area contributed by atoms with E-state index < -0.39 is 0 Å². The van der Waals surface area contributed by atoms with E-state index in [1.807, 2.05) is 24.3 Å². The number of methoxy groups -OCH3 is 1. The summed E-state index contributed by atoms with van der Waals surface area (Å²) < 4.78 is 10.6. The third kappa shape index (κ3) is 3.32. The number of hydrogen-bond donors (Lipinski definition) is 2. The Kier molecular flexibility index (Phi) is 4.54. The Morgan fingerprint density at radius 1 is 1.17 bits per heavy atom. The normalized spacial score (nSPS) is 10.7. The third-order valence-electron chi connectivity index (χ3n) is 3.40. The quantitative estimate of drug-likeness (QED) is 0.686. The molecule has 0 aliphatic carbocycles. The molecule has 3 rings (SSSR count). The van der Waals surface area contributed by atoms with Crippen LogP contribution in [-0.2, 0) is 4.74 Å². The van der Waals surface area contributed by atoms with Gasteiger partial charge in [-0.15, -0.1) is 0 Å². The Morgan fingerprint density at radius 3 is 2.91 bits per heavy atom. The first-order valence-corrected chi connectivity index (χ1v) is 7.24. The largest absolute Gasteiger partial charge is 0.490 e. The fourth-order valence-corrected chi connectivity index (χ4v) is 2.28. The maximum atomic E-state index is 12.6. The van der Waals surface area contributed by atoms with Crippen LogP contribution in [0.3, 0.4) is 0 Å². The van der Waals surface area contributed by atoms with E-state index in [-0.39, 0.29) is 5.91 Å². The molecule has 0 unspecified atom stereocenters. The smallest absolute Gasteiger partial charge is 0.259 e. The first-order chi connectivity index (χ1) is 11.3. The molecule has 2 N–H and O–H groups in total. The SMILES string of the molecule is COCCOc1ccccc1C(=O)Nc1cccc2cn[nH]c12. The van der Waals surface area contributed by atoms with Gasteiger partial charge in [0, 0.05) is 12.5 Å². The molecule has 0 fully saturated rings. The molecular formula is C17H17N3O3. The lowest BCUT2D eigenvalue weighted by Crippen LogP contribution is -2.15. The highest BCUT2D eigenvalue weighted by Crippen LogP contribution is 2.23. The van der Waals surface area contributed by atoms with Crippen LogP contribution in [0.15, 0.2) is 48.7 Å². The van der Waals surface area contributed by atoms with E-state index >= 15 is 0 Å². The molecule has 0 aliphatic heterocycles. The number of rotatable bonds is 6. The van der Waals surface area contributed by atoms with Crippen molar-refractivity contribution >= 4 is 22.5 Å². The van der Waals surface area contributed by atoms with Crippen molar-refractivity contribution in [1.29, 1.82) is 0 Å². The minimum Gasteiger partial charge on any atom is -0.490 e. The van der Waals surface area contributed by atoms with Gasteiger partial charge in [-0.3, -0.25) is 9.89 Å². The lowest BCUT2D eigenvalue weighted by molar-refractivity contribution is 0.101. The van der Waals surface area contributed by atoms with Crippen LogP contribution in [0.2, 0.25) is 0 Å². The van der Waals surface area contributed by atoms with Gasteiger partial charge in [0.05, 0.1) is 29.6 Å². The number of carbonyl (C=O) groups excluding carboxylic acids is 1. The van der Waals surface area contributed by atoms with E-state index in [0.29, 0.717) is 30.2 Å². The molecule has 0 aliphatic rings. The van der Waals surface area contributed by atoms with Gasteiger partial charge in [0.25, 0.3) is 5.91 Å². The molecule has 0 bridgehead atoms. The van der Waals surface area contributed by atoms with Crippen LogP contribution in [0, 0.1) is 0 Å². The summed E-state index contributed by atoms with van der Waals surface area (Å²) in [5, 5.41) is 10.7. The Bertz CT molecular complexity index is 813. The first-order valence-electron chi connectivity index (χ1n) is 7.24. The highest BCUT2D eigenvalue weighted by Gasteiger charge is 2.14. The third-order valence-corrected chi connectivity index (χ3v) is 3.40. The van der Waals surface area contributed by atoms with Crippen molar-refractivity contribution in [3.05, 3.63) is 54.2 Å². The van der Waals surface area contributed by atoms with Crippen LogP contribution in [0.25, 0.3) is 10.9 Å². The molecule has 23 heavy (non-hydrogen) atoms. The maximum absolute atomic E-state index is 12.6. The standard InChI is InChI=1S/C17H17N3O3/c1-22-9-10-23-15-8-3-2-6-13(15)17(21)19-14-7-4-5-12-11-18-20-16(12)14/h2-8,11H,9-10H2,1H3,(H,18,20)(H,19,21). The highest BCUT2D eigenvalue weighted by atomic mass is 16.5. The molecule has 1 heterocycles. The molecular weight excluding hydrogens is 294 g/mol. The minimum atomic E-state index is -0.236. The molecule has 0 radical (unpaired) electrons. The fourth-order valence-electron chi connectivity index (χ4n) is 2.28. The Labute approximate surface area is 133 Å². The van der Waals surface area contributed by atoms with Gasteiger partial charge in [0.15, 0.2) is 0 Å². The van der Waals surface area contributed by atoms with Gasteiger partial charge in [-0.1, -0.05) is 24.3 Å². The van der Waals surface area contributed by atoms with E-state index in [9.17, 15) is 4.79 Å². The second-order valence-electron chi connectivity index (χ2n) is 4.93. The first kappa shape index (κ1) is 15.1. The Hall–Kier alpha value is -2.86. The molecule has 0 saturated carbocycles. The van der Waals surface area contributed by atoms with Crippen LogP contribution in [-0.4, -0.2) is 36.4 Å². The fraction of sp³-hybridized carbons (Fsp3) is 0.176. The van der Waals surface area contributed by atoms with Gasteiger partial charge in [-0.05, 0) is 18.2 Å². The number of nitrogens with zero attached hydrogens (tertiary/aromatic N) is 1. The molecule has 0 saturated heterocycles. The molecule has 3 aromatic rings. The number of ether oxygens (including phenoxy) is 2. The highest BCUT2D eigenvalue weighted by molar-refractivity contribution is 6.09. The number of H-pyrrole nitrogens is 1. The summed E-state index contributed by atoms with van der Waals surface area (Å²) in [6.45, 7) is 0.848. The molecule has 1 aromatic heterocycles. The second-order valence-corrected chi connectivity index (χ2v) is 4.93. The minimum absolute atomic E-state index is 0.236. The van der Waals surface area contributed by atoms with E-state index in [2.05, 4.69) is 15.5 Å². The number of benzene rings is 2. The van der Waals surface area contributed by atoms with Crippen molar-refractivity contribution in [3.63, 3.8) is 0 Å². The lowest BCUT2D eigenvalue weighted by Gasteiger charge is -2.11. The van der Waals surface area contributed by atoms with Crippen LogP contribution < -0.4 is 10.1 Å². The predicted octanol–water partition coefficient (Wildman–Crippen LogP) is 2.84. The van der Waals surface area contributed by atoms with Crippen LogP contribution >= 0.6 is 0 Å². The average molecular weight is 311 g/mol. The Morgan fingerprint density at radius 2 is 2.04 bits per heavy atom. The molecule has 2 aromatic carbocycles.